The van der Waals surface area contributed by atoms with Gasteiger partial charge in [0.1, 0.15) is 0 Å². The number of likely N-dealkylation sites (tertiary alicyclic amines) is 1. The molecule has 1 heterocycles. The van der Waals surface area contributed by atoms with E-state index in [1.165, 1.54) is 19.3 Å². The molecule has 6 nitrogen and oxygen atoms in total. The average Bonchev–Trinajstić information content (AvgIpc) is 3.29. The molecule has 21 heavy (non-hydrogen) atoms. The molecule has 2 fully saturated rings. The van der Waals surface area contributed by atoms with E-state index in [0.29, 0.717) is 31.7 Å². The Balaban J connectivity index is 1.60. The van der Waals surface area contributed by atoms with Gasteiger partial charge in [0.05, 0.1) is 6.61 Å². The van der Waals surface area contributed by atoms with Crippen LogP contribution < -0.4 is 11.1 Å². The summed E-state index contributed by atoms with van der Waals surface area (Å²) in [5.41, 5.74) is 5.91. The van der Waals surface area contributed by atoms with Gasteiger partial charge in [0.15, 0.2) is 5.96 Å². The molecule has 120 valence electrons. The lowest BCUT2D eigenvalue weighted by atomic mass is 10.1. The number of hydrogen-bond acceptors (Lipinski definition) is 3. The summed E-state index contributed by atoms with van der Waals surface area (Å²) in [6.45, 7) is 4.50. The molecule has 0 unspecified atom stereocenters. The zero-order valence-electron chi connectivity index (χ0n) is 13.0. The van der Waals surface area contributed by atoms with Crippen molar-refractivity contribution in [3.63, 3.8) is 0 Å². The topological polar surface area (TPSA) is 80.0 Å². The van der Waals surface area contributed by atoms with Crippen molar-refractivity contribution in [3.05, 3.63) is 0 Å². The minimum atomic E-state index is -0.210. The molecule has 0 radical (unpaired) electrons. The Labute approximate surface area is 127 Å². The first-order valence-electron chi connectivity index (χ1n) is 8.17. The van der Waals surface area contributed by atoms with E-state index >= 15 is 0 Å². The molecule has 1 aliphatic heterocycles. The molecule has 0 aromatic heterocycles. The van der Waals surface area contributed by atoms with Crippen molar-refractivity contribution in [2.24, 2.45) is 16.6 Å². The molecule has 6 heteroatoms. The van der Waals surface area contributed by atoms with E-state index in [-0.39, 0.29) is 6.09 Å². The van der Waals surface area contributed by atoms with Crippen LogP contribution in [0.3, 0.4) is 0 Å². The van der Waals surface area contributed by atoms with E-state index in [4.69, 9.17) is 10.5 Å². The van der Waals surface area contributed by atoms with E-state index in [2.05, 4.69) is 10.3 Å². The average molecular weight is 296 g/mol. The Hall–Kier alpha value is -1.46. The van der Waals surface area contributed by atoms with Crippen molar-refractivity contribution in [3.8, 4) is 0 Å². The monoisotopic (exact) mass is 296 g/mol. The van der Waals surface area contributed by atoms with E-state index in [9.17, 15) is 4.79 Å². The third-order valence-electron chi connectivity index (χ3n) is 4.12. The summed E-state index contributed by atoms with van der Waals surface area (Å²) >= 11 is 0. The lowest BCUT2D eigenvalue weighted by molar-refractivity contribution is 0.0963. The molecule has 2 rings (SSSR count). The minimum absolute atomic E-state index is 0.210. The zero-order chi connectivity index (χ0) is 15.1. The van der Waals surface area contributed by atoms with Crippen LogP contribution in [0.15, 0.2) is 4.99 Å². The summed E-state index contributed by atoms with van der Waals surface area (Å²) in [6.07, 6.45) is 6.78. The van der Waals surface area contributed by atoms with Gasteiger partial charge in [0.25, 0.3) is 0 Å². The predicted octanol–water partition coefficient (Wildman–Crippen LogP) is 1.70. The van der Waals surface area contributed by atoms with Gasteiger partial charge in [-0.25, -0.2) is 4.79 Å². The quantitative estimate of drug-likeness (QED) is 0.444. The van der Waals surface area contributed by atoms with Crippen LogP contribution in [0.1, 0.15) is 45.4 Å². The summed E-state index contributed by atoms with van der Waals surface area (Å²) in [5, 5.41) is 3.26. The maximum atomic E-state index is 11.6. The van der Waals surface area contributed by atoms with E-state index in [0.717, 1.165) is 31.7 Å². The van der Waals surface area contributed by atoms with E-state index in [1.54, 1.807) is 4.90 Å². The Bertz CT molecular complexity index is 361. The number of nitrogens with one attached hydrogen (secondary N) is 1. The van der Waals surface area contributed by atoms with Crippen LogP contribution in [0, 0.1) is 5.92 Å². The van der Waals surface area contributed by atoms with E-state index < -0.39 is 0 Å². The fourth-order valence-electron chi connectivity index (χ4n) is 2.66. The summed E-state index contributed by atoms with van der Waals surface area (Å²) in [7, 11) is 0. The Kier molecular flexibility index (Phi) is 6.14. The highest BCUT2D eigenvalue weighted by Gasteiger charge is 2.23. The number of nitrogens with zero attached hydrogens (tertiary/aromatic N) is 2. The van der Waals surface area contributed by atoms with Gasteiger partial charge in [-0.3, -0.25) is 4.99 Å². The fraction of sp³-hybridized carbons (Fsp3) is 0.867. The number of piperidine rings is 1. The second-order valence-electron chi connectivity index (χ2n) is 5.96. The third kappa shape index (κ3) is 5.81. The van der Waals surface area contributed by atoms with E-state index in [1.807, 2.05) is 6.92 Å². The van der Waals surface area contributed by atoms with Crippen LogP contribution in [-0.4, -0.2) is 49.2 Å². The molecule has 1 aliphatic carbocycles. The highest BCUT2D eigenvalue weighted by atomic mass is 16.6. The first kappa shape index (κ1) is 15.9. The molecule has 1 amide bonds. The maximum Gasteiger partial charge on any atom is 0.409 e. The number of rotatable bonds is 6. The van der Waals surface area contributed by atoms with Gasteiger partial charge >= 0.3 is 6.09 Å². The number of nitrogens with two attached hydrogens (primary N) is 1. The van der Waals surface area contributed by atoms with Crippen molar-refractivity contribution in [1.82, 2.24) is 10.2 Å². The van der Waals surface area contributed by atoms with Crippen LogP contribution in [-0.2, 0) is 4.74 Å². The number of carbonyl (C=O) groups excluding carboxylic acids is 1. The van der Waals surface area contributed by atoms with Crippen molar-refractivity contribution in [2.75, 3.05) is 26.2 Å². The standard InChI is InChI=1S/C15H28N4O2/c1-2-21-15(20)19-10-7-13(8-11-19)18-14(16)17-9-3-4-12-5-6-12/h12-13H,2-11H2,1H3,(H3,16,17,18). The van der Waals surface area contributed by atoms with Gasteiger partial charge in [0.2, 0.25) is 0 Å². The predicted molar refractivity (Wildman–Crippen MR) is 83.2 cm³/mol. The summed E-state index contributed by atoms with van der Waals surface area (Å²) in [4.78, 5) is 17.7. The molecule has 0 bridgehead atoms. The highest BCUT2D eigenvalue weighted by Crippen LogP contribution is 2.33. The molecule has 0 atom stereocenters. The zero-order valence-corrected chi connectivity index (χ0v) is 13.0. The third-order valence-corrected chi connectivity index (χ3v) is 4.12. The van der Waals surface area contributed by atoms with Gasteiger partial charge < -0.3 is 20.7 Å². The van der Waals surface area contributed by atoms with Crippen LogP contribution in [0.4, 0.5) is 4.79 Å². The summed E-state index contributed by atoms with van der Waals surface area (Å²) < 4.78 is 5.01. The van der Waals surface area contributed by atoms with Gasteiger partial charge in [-0.1, -0.05) is 12.8 Å². The van der Waals surface area contributed by atoms with Crippen molar-refractivity contribution < 1.29 is 9.53 Å². The lowest BCUT2D eigenvalue weighted by Crippen LogP contribution is -2.48. The number of ether oxygens (including phenoxy) is 1. The van der Waals surface area contributed by atoms with Gasteiger partial charge in [-0.05, 0) is 38.5 Å². The minimum Gasteiger partial charge on any atom is -0.450 e. The molecule has 1 saturated carbocycles. The van der Waals surface area contributed by atoms with Gasteiger partial charge in [-0.15, -0.1) is 0 Å². The van der Waals surface area contributed by atoms with Crippen LogP contribution in [0.5, 0.6) is 0 Å². The fourth-order valence-corrected chi connectivity index (χ4v) is 2.66. The molecule has 0 aromatic rings. The molecular formula is C15H28N4O2. The highest BCUT2D eigenvalue weighted by molar-refractivity contribution is 5.78. The normalized spacial score (nSPS) is 20.4. The molecule has 0 spiro atoms. The molecular weight excluding hydrogens is 268 g/mol. The smallest absolute Gasteiger partial charge is 0.409 e. The first-order chi connectivity index (χ1) is 10.2. The number of aliphatic imine (C=N–C) groups is 1. The molecule has 2 aliphatic rings. The van der Waals surface area contributed by atoms with Crippen LogP contribution in [0.25, 0.3) is 0 Å². The second kappa shape index (κ2) is 8.10. The number of carbonyl (C=O) groups is 1. The summed E-state index contributed by atoms with van der Waals surface area (Å²) in [5.74, 6) is 1.50. The Morgan fingerprint density at radius 3 is 2.67 bits per heavy atom. The number of guanidine groups is 1. The maximum absolute atomic E-state index is 11.6. The molecule has 1 saturated heterocycles. The van der Waals surface area contributed by atoms with Crippen molar-refractivity contribution in [1.29, 1.82) is 0 Å². The van der Waals surface area contributed by atoms with Gasteiger partial charge in [0, 0.05) is 25.7 Å². The van der Waals surface area contributed by atoms with Gasteiger partial charge in [-0.2, -0.15) is 0 Å². The lowest BCUT2D eigenvalue weighted by Gasteiger charge is -2.31. The first-order valence-corrected chi connectivity index (χ1v) is 8.17. The SMILES string of the molecule is CCOC(=O)N1CCC(NC(N)=NCCCC2CC2)CC1. The Morgan fingerprint density at radius 2 is 2.05 bits per heavy atom. The largest absolute Gasteiger partial charge is 0.450 e. The Morgan fingerprint density at radius 1 is 1.33 bits per heavy atom. The molecule has 3 N–H and O–H groups in total. The van der Waals surface area contributed by atoms with Crippen LogP contribution in [0.2, 0.25) is 0 Å². The van der Waals surface area contributed by atoms with Crippen molar-refractivity contribution in [2.45, 2.75) is 51.5 Å². The number of hydrogen-bond donors (Lipinski definition) is 2. The van der Waals surface area contributed by atoms with Crippen LogP contribution >= 0.6 is 0 Å². The second-order valence-corrected chi connectivity index (χ2v) is 5.96. The number of amides is 1. The summed E-state index contributed by atoms with van der Waals surface area (Å²) in [6, 6.07) is 0.308. The molecule has 0 aromatic carbocycles. The van der Waals surface area contributed by atoms with Crippen molar-refractivity contribution >= 4 is 12.1 Å².